The van der Waals surface area contributed by atoms with Crippen LogP contribution in [-0.2, 0) is 38.6 Å². The van der Waals surface area contributed by atoms with Crippen LogP contribution in [-0.4, -0.2) is 48.5 Å². The molecule has 3 aromatic carbocycles. The lowest BCUT2D eigenvalue weighted by Gasteiger charge is -2.25. The first-order valence-electron chi connectivity index (χ1n) is 13.5. The summed E-state index contributed by atoms with van der Waals surface area (Å²) in [5, 5.41) is 2.68. The third-order valence-electron chi connectivity index (χ3n) is 5.88. The van der Waals surface area contributed by atoms with Crippen LogP contribution in [0.5, 0.6) is 11.5 Å². The molecule has 9 nitrogen and oxygen atoms in total. The van der Waals surface area contributed by atoms with E-state index in [4.69, 9.17) is 14.3 Å². The molecule has 0 spiro atoms. The van der Waals surface area contributed by atoms with Gasteiger partial charge in [0.2, 0.25) is 11.8 Å². The summed E-state index contributed by atoms with van der Waals surface area (Å²) in [4.78, 5) is 44.1. The molecule has 3 rings (SSSR count). The standard InChI is InChI=1S/C32H39N3O6/c1-32(2,3)41-31(38)33-27(30(37)35(4)5)21-23-15-18-26(19-16-23)40-28-14-10-9-13-25(28)17-20-29(36)34-39-22-24-11-7-6-8-12-24/h6-16,18-19,27H,17,20-22H2,1-5H3,(H,33,38)(H,34,36)/t27-/m0/s1. The highest BCUT2D eigenvalue weighted by Crippen LogP contribution is 2.27. The number of hydrogen-bond acceptors (Lipinski definition) is 6. The number of hydroxylamine groups is 1. The summed E-state index contributed by atoms with van der Waals surface area (Å²) in [6.45, 7) is 5.59. The van der Waals surface area contributed by atoms with Crippen LogP contribution in [0.2, 0.25) is 0 Å². The summed E-state index contributed by atoms with van der Waals surface area (Å²) in [5.74, 6) is 0.791. The third kappa shape index (κ3) is 11.0. The molecule has 3 aromatic rings. The van der Waals surface area contributed by atoms with E-state index in [1.54, 1.807) is 47.0 Å². The fraction of sp³-hybridized carbons (Fsp3) is 0.344. The number of hydrogen-bond donors (Lipinski definition) is 2. The van der Waals surface area contributed by atoms with Crippen molar-refractivity contribution in [3.8, 4) is 11.5 Å². The average molecular weight is 562 g/mol. The zero-order chi connectivity index (χ0) is 29.8. The number of benzene rings is 3. The van der Waals surface area contributed by atoms with E-state index in [0.717, 1.165) is 16.7 Å². The van der Waals surface area contributed by atoms with Crippen LogP contribution >= 0.6 is 0 Å². The predicted octanol–water partition coefficient (Wildman–Crippen LogP) is 5.18. The maximum atomic E-state index is 12.7. The maximum Gasteiger partial charge on any atom is 0.408 e. The Morgan fingerprint density at radius 3 is 2.17 bits per heavy atom. The van der Waals surface area contributed by atoms with Gasteiger partial charge in [0.1, 0.15) is 23.1 Å². The van der Waals surface area contributed by atoms with Crippen LogP contribution in [0.4, 0.5) is 4.79 Å². The number of likely N-dealkylation sites (N-methyl/N-ethyl adjacent to an activating group) is 1. The van der Waals surface area contributed by atoms with E-state index in [-0.39, 0.29) is 24.7 Å². The van der Waals surface area contributed by atoms with Gasteiger partial charge in [-0.05, 0) is 62.1 Å². The van der Waals surface area contributed by atoms with Gasteiger partial charge in [0.25, 0.3) is 0 Å². The van der Waals surface area contributed by atoms with Gasteiger partial charge in [0, 0.05) is 26.9 Å². The first-order chi connectivity index (χ1) is 19.5. The lowest BCUT2D eigenvalue weighted by atomic mass is 10.0. The summed E-state index contributed by atoms with van der Waals surface area (Å²) in [5.41, 5.74) is 4.51. The number of nitrogens with zero attached hydrogens (tertiary/aromatic N) is 1. The van der Waals surface area contributed by atoms with Crippen molar-refractivity contribution in [3.05, 3.63) is 95.6 Å². The van der Waals surface area contributed by atoms with Gasteiger partial charge < -0.3 is 19.7 Å². The number of ether oxygens (including phenoxy) is 2. The van der Waals surface area contributed by atoms with Gasteiger partial charge in [-0.15, -0.1) is 0 Å². The minimum absolute atomic E-state index is 0.220. The number of aryl methyl sites for hydroxylation is 1. The van der Waals surface area contributed by atoms with Crippen LogP contribution in [0.1, 0.15) is 43.9 Å². The molecule has 0 saturated carbocycles. The Morgan fingerprint density at radius 1 is 0.854 bits per heavy atom. The molecule has 0 unspecified atom stereocenters. The molecule has 0 aliphatic rings. The van der Waals surface area contributed by atoms with Crippen molar-refractivity contribution in [2.24, 2.45) is 0 Å². The number of alkyl carbamates (subject to hydrolysis) is 1. The van der Waals surface area contributed by atoms with Crippen LogP contribution < -0.4 is 15.5 Å². The van der Waals surface area contributed by atoms with E-state index < -0.39 is 17.7 Å². The van der Waals surface area contributed by atoms with Crippen molar-refractivity contribution in [1.29, 1.82) is 0 Å². The first-order valence-corrected chi connectivity index (χ1v) is 13.5. The summed E-state index contributed by atoms with van der Waals surface area (Å²) < 4.78 is 11.4. The average Bonchev–Trinajstić information content (AvgIpc) is 2.92. The minimum Gasteiger partial charge on any atom is -0.457 e. The van der Waals surface area contributed by atoms with E-state index in [9.17, 15) is 14.4 Å². The first kappa shape index (κ1) is 31.2. The molecule has 1 atom stereocenters. The van der Waals surface area contributed by atoms with Crippen molar-refractivity contribution in [2.75, 3.05) is 14.1 Å². The van der Waals surface area contributed by atoms with Crippen molar-refractivity contribution in [1.82, 2.24) is 15.7 Å². The van der Waals surface area contributed by atoms with Gasteiger partial charge in [-0.1, -0.05) is 60.7 Å². The summed E-state index contributed by atoms with van der Waals surface area (Å²) in [6.07, 6.45) is 0.347. The fourth-order valence-corrected chi connectivity index (χ4v) is 3.90. The topological polar surface area (TPSA) is 106 Å². The summed E-state index contributed by atoms with van der Waals surface area (Å²) in [7, 11) is 3.28. The maximum absolute atomic E-state index is 12.7. The van der Waals surface area contributed by atoms with E-state index >= 15 is 0 Å². The highest BCUT2D eigenvalue weighted by molar-refractivity contribution is 5.85. The second kappa shape index (κ2) is 14.9. The number of nitrogens with one attached hydrogen (secondary N) is 2. The predicted molar refractivity (Wildman–Crippen MR) is 156 cm³/mol. The zero-order valence-electron chi connectivity index (χ0n) is 24.3. The van der Waals surface area contributed by atoms with Crippen LogP contribution in [0.3, 0.4) is 0 Å². The van der Waals surface area contributed by atoms with Crippen molar-refractivity contribution < 1.29 is 28.7 Å². The molecular weight excluding hydrogens is 522 g/mol. The van der Waals surface area contributed by atoms with Crippen LogP contribution in [0, 0.1) is 0 Å². The fourth-order valence-electron chi connectivity index (χ4n) is 3.90. The van der Waals surface area contributed by atoms with Crippen LogP contribution in [0.25, 0.3) is 0 Å². The molecule has 0 aromatic heterocycles. The van der Waals surface area contributed by atoms with E-state index in [2.05, 4.69) is 10.8 Å². The lowest BCUT2D eigenvalue weighted by Crippen LogP contribution is -2.48. The monoisotopic (exact) mass is 561 g/mol. The van der Waals surface area contributed by atoms with Gasteiger partial charge in [-0.2, -0.15) is 0 Å². The summed E-state index contributed by atoms with van der Waals surface area (Å²) >= 11 is 0. The van der Waals surface area contributed by atoms with Gasteiger partial charge in [-0.25, -0.2) is 10.3 Å². The SMILES string of the molecule is CN(C)C(=O)[C@H](Cc1ccc(Oc2ccccc2CCC(=O)NOCc2ccccc2)cc1)NC(=O)OC(C)(C)C. The normalized spacial score (nSPS) is 11.7. The zero-order valence-corrected chi connectivity index (χ0v) is 24.3. The molecule has 9 heteroatoms. The lowest BCUT2D eigenvalue weighted by molar-refractivity contribution is -0.134. The Bertz CT molecular complexity index is 1290. The molecule has 0 saturated heterocycles. The molecule has 0 fully saturated rings. The highest BCUT2D eigenvalue weighted by atomic mass is 16.6. The van der Waals surface area contributed by atoms with Crippen molar-refractivity contribution >= 4 is 17.9 Å². The third-order valence-corrected chi connectivity index (χ3v) is 5.88. The van der Waals surface area contributed by atoms with Crippen molar-refractivity contribution in [3.63, 3.8) is 0 Å². The van der Waals surface area contributed by atoms with E-state index in [1.165, 1.54) is 4.90 Å². The van der Waals surface area contributed by atoms with Gasteiger partial charge >= 0.3 is 6.09 Å². The molecule has 41 heavy (non-hydrogen) atoms. The molecule has 2 N–H and O–H groups in total. The molecule has 0 aliphatic heterocycles. The second-order valence-corrected chi connectivity index (χ2v) is 10.8. The van der Waals surface area contributed by atoms with Crippen molar-refractivity contribution in [2.45, 2.75) is 58.3 Å². The number of rotatable bonds is 12. The quantitative estimate of drug-likeness (QED) is 0.295. The molecule has 0 bridgehead atoms. The largest absolute Gasteiger partial charge is 0.457 e. The second-order valence-electron chi connectivity index (χ2n) is 10.8. The van der Waals surface area contributed by atoms with Gasteiger partial charge in [0.05, 0.1) is 6.61 Å². The van der Waals surface area contributed by atoms with Gasteiger partial charge in [0.15, 0.2) is 0 Å². The van der Waals surface area contributed by atoms with E-state index in [0.29, 0.717) is 24.5 Å². The molecule has 0 radical (unpaired) electrons. The molecule has 3 amide bonds. The minimum atomic E-state index is -0.782. The summed E-state index contributed by atoms with van der Waals surface area (Å²) in [6, 6.07) is 23.7. The Hall–Kier alpha value is -4.37. The van der Waals surface area contributed by atoms with E-state index in [1.807, 2.05) is 66.7 Å². The number of carbonyl (C=O) groups excluding carboxylic acids is 3. The Morgan fingerprint density at radius 2 is 1.51 bits per heavy atom. The number of carbonyl (C=O) groups is 3. The highest BCUT2D eigenvalue weighted by Gasteiger charge is 2.26. The Balaban J connectivity index is 1.56. The Kier molecular flexibility index (Phi) is 11.3. The number of amides is 3. The molecular formula is C32H39N3O6. The molecule has 218 valence electrons. The van der Waals surface area contributed by atoms with Crippen LogP contribution in [0.15, 0.2) is 78.9 Å². The Labute approximate surface area is 241 Å². The number of para-hydroxylation sites is 1. The molecule has 0 heterocycles. The smallest absolute Gasteiger partial charge is 0.408 e. The van der Waals surface area contributed by atoms with Gasteiger partial charge in [-0.3, -0.25) is 14.4 Å². The molecule has 0 aliphatic carbocycles.